The van der Waals surface area contributed by atoms with Crippen molar-refractivity contribution in [2.75, 3.05) is 0 Å². The monoisotopic (exact) mass is 317 g/mol. The molecule has 0 aromatic carbocycles. The molecule has 0 amide bonds. The van der Waals surface area contributed by atoms with Crippen molar-refractivity contribution in [3.8, 4) is 0 Å². The molecule has 0 atom stereocenters. The van der Waals surface area contributed by atoms with Gasteiger partial charge >= 0.3 is 5.69 Å². The average molecular weight is 317 g/mol. The van der Waals surface area contributed by atoms with Crippen LogP contribution in [-0.4, -0.2) is 23.8 Å². The van der Waals surface area contributed by atoms with Crippen molar-refractivity contribution in [3.63, 3.8) is 0 Å². The van der Waals surface area contributed by atoms with Crippen LogP contribution in [-0.2, 0) is 20.1 Å². The van der Waals surface area contributed by atoms with Crippen molar-refractivity contribution in [3.05, 3.63) is 44.2 Å². The van der Waals surface area contributed by atoms with E-state index in [1.807, 2.05) is 6.92 Å². The zero-order chi connectivity index (χ0) is 16.7. The molecular weight excluding hydrogens is 298 g/mol. The van der Waals surface area contributed by atoms with Crippen LogP contribution in [0.3, 0.4) is 0 Å². The fourth-order valence-corrected chi connectivity index (χ4v) is 2.76. The molecule has 23 heavy (non-hydrogen) atoms. The molecule has 0 fully saturated rings. The highest BCUT2D eigenvalue weighted by atomic mass is 16.5. The Balaban J connectivity index is 2.27. The van der Waals surface area contributed by atoms with Gasteiger partial charge in [-0.25, -0.2) is 9.78 Å². The third-order valence-electron chi connectivity index (χ3n) is 4.06. The molecule has 3 aromatic heterocycles. The lowest BCUT2D eigenvalue weighted by atomic mass is 10.2. The number of rotatable bonds is 4. The maximum Gasteiger partial charge on any atom is 0.332 e. The molecule has 0 bridgehead atoms. The van der Waals surface area contributed by atoms with Crippen LogP contribution in [0, 0.1) is 13.8 Å². The van der Waals surface area contributed by atoms with Crippen LogP contribution in [0.4, 0.5) is 0 Å². The number of fused-ring (bicyclic) bond motifs is 1. The summed E-state index contributed by atoms with van der Waals surface area (Å²) in [5.41, 5.74) is 1.55. The van der Waals surface area contributed by atoms with Crippen molar-refractivity contribution in [2.24, 2.45) is 7.05 Å². The maximum absolute atomic E-state index is 12.8. The summed E-state index contributed by atoms with van der Waals surface area (Å²) >= 11 is 0. The van der Waals surface area contributed by atoms with Crippen molar-refractivity contribution < 1.29 is 4.52 Å². The summed E-state index contributed by atoms with van der Waals surface area (Å²) in [6, 6.07) is 0. The van der Waals surface area contributed by atoms with Gasteiger partial charge in [-0.05, 0) is 20.3 Å². The van der Waals surface area contributed by atoms with Gasteiger partial charge in [0.2, 0.25) is 0 Å². The fraction of sp³-hybridized carbons (Fsp3) is 0.467. The summed E-state index contributed by atoms with van der Waals surface area (Å²) in [4.78, 5) is 29.6. The third kappa shape index (κ3) is 2.30. The summed E-state index contributed by atoms with van der Waals surface area (Å²) in [5.74, 6) is 0.610. The van der Waals surface area contributed by atoms with Gasteiger partial charge in [-0.15, -0.1) is 0 Å². The van der Waals surface area contributed by atoms with Gasteiger partial charge in [-0.2, -0.15) is 0 Å². The van der Waals surface area contributed by atoms with Gasteiger partial charge in [0.05, 0.1) is 18.6 Å². The molecule has 3 rings (SSSR count). The van der Waals surface area contributed by atoms with Crippen molar-refractivity contribution >= 4 is 11.2 Å². The van der Waals surface area contributed by atoms with Gasteiger partial charge in [0, 0.05) is 19.2 Å². The first-order chi connectivity index (χ1) is 11.0. The summed E-state index contributed by atoms with van der Waals surface area (Å²) < 4.78 is 9.53. The number of imidazole rings is 1. The SMILES string of the molecule is CCCn1cnc2c1c(=O)n(Cc1c(C)noc1C)c(=O)n2C. The second-order valence-electron chi connectivity index (χ2n) is 5.65. The van der Waals surface area contributed by atoms with Gasteiger partial charge in [0.25, 0.3) is 5.56 Å². The van der Waals surface area contributed by atoms with E-state index in [1.54, 1.807) is 31.8 Å². The Bertz CT molecular complexity index is 970. The van der Waals surface area contributed by atoms with Crippen LogP contribution in [0.2, 0.25) is 0 Å². The van der Waals surface area contributed by atoms with Crippen molar-refractivity contribution in [1.82, 2.24) is 23.8 Å². The van der Waals surface area contributed by atoms with Crippen molar-refractivity contribution in [1.29, 1.82) is 0 Å². The molecule has 0 saturated heterocycles. The Hall–Kier alpha value is -2.64. The van der Waals surface area contributed by atoms with Crippen LogP contribution < -0.4 is 11.2 Å². The zero-order valence-electron chi connectivity index (χ0n) is 13.7. The quantitative estimate of drug-likeness (QED) is 0.715. The lowest BCUT2D eigenvalue weighted by molar-refractivity contribution is 0.392. The molecule has 0 radical (unpaired) electrons. The molecule has 0 spiro atoms. The van der Waals surface area contributed by atoms with Gasteiger partial charge in [-0.1, -0.05) is 12.1 Å². The minimum atomic E-state index is -0.399. The first kappa shape index (κ1) is 15.3. The Morgan fingerprint density at radius 3 is 2.61 bits per heavy atom. The molecule has 3 heterocycles. The Morgan fingerprint density at radius 2 is 2.00 bits per heavy atom. The number of hydrogen-bond acceptors (Lipinski definition) is 5. The van der Waals surface area contributed by atoms with Crippen LogP contribution in [0.1, 0.15) is 30.4 Å². The van der Waals surface area contributed by atoms with Gasteiger partial charge in [-0.3, -0.25) is 13.9 Å². The number of aromatic nitrogens is 5. The van der Waals surface area contributed by atoms with E-state index in [-0.39, 0.29) is 12.1 Å². The van der Waals surface area contributed by atoms with Crippen LogP contribution in [0.25, 0.3) is 11.2 Å². The van der Waals surface area contributed by atoms with E-state index in [0.717, 1.165) is 12.0 Å². The van der Waals surface area contributed by atoms with Gasteiger partial charge in [0.1, 0.15) is 5.76 Å². The van der Waals surface area contributed by atoms with E-state index in [9.17, 15) is 9.59 Å². The van der Waals surface area contributed by atoms with E-state index < -0.39 is 5.69 Å². The number of aryl methyl sites for hydroxylation is 4. The smallest absolute Gasteiger partial charge is 0.332 e. The molecule has 8 nitrogen and oxygen atoms in total. The largest absolute Gasteiger partial charge is 0.361 e. The standard InChI is InChI=1S/C15H19N5O3/c1-5-6-19-8-16-13-12(19)14(21)20(15(22)18(13)4)7-11-9(2)17-23-10(11)3/h8H,5-7H2,1-4H3. The topological polar surface area (TPSA) is 87.8 Å². The number of nitrogens with zero attached hydrogens (tertiary/aromatic N) is 5. The first-order valence-electron chi connectivity index (χ1n) is 7.52. The highest BCUT2D eigenvalue weighted by molar-refractivity contribution is 5.69. The Kier molecular flexibility index (Phi) is 3.67. The highest BCUT2D eigenvalue weighted by Crippen LogP contribution is 2.13. The normalized spacial score (nSPS) is 11.5. The summed E-state index contributed by atoms with van der Waals surface area (Å²) in [7, 11) is 1.62. The molecule has 0 aliphatic heterocycles. The fourth-order valence-electron chi connectivity index (χ4n) is 2.76. The summed E-state index contributed by atoms with van der Waals surface area (Å²) in [6.45, 7) is 6.40. The van der Waals surface area contributed by atoms with Gasteiger partial charge < -0.3 is 9.09 Å². The van der Waals surface area contributed by atoms with E-state index in [0.29, 0.717) is 29.2 Å². The Morgan fingerprint density at radius 1 is 1.26 bits per heavy atom. The van der Waals surface area contributed by atoms with Crippen LogP contribution >= 0.6 is 0 Å². The number of hydrogen-bond donors (Lipinski definition) is 0. The average Bonchev–Trinajstić information content (AvgIpc) is 3.07. The predicted octanol–water partition coefficient (Wildman–Crippen LogP) is 0.960. The van der Waals surface area contributed by atoms with Crippen molar-refractivity contribution in [2.45, 2.75) is 40.3 Å². The molecule has 0 aliphatic carbocycles. The first-order valence-corrected chi connectivity index (χ1v) is 7.52. The highest BCUT2D eigenvalue weighted by Gasteiger charge is 2.18. The van der Waals surface area contributed by atoms with Gasteiger partial charge in [0.15, 0.2) is 11.2 Å². The van der Waals surface area contributed by atoms with E-state index in [4.69, 9.17) is 4.52 Å². The second kappa shape index (κ2) is 5.53. The molecule has 8 heteroatoms. The molecule has 122 valence electrons. The second-order valence-corrected chi connectivity index (χ2v) is 5.65. The summed E-state index contributed by atoms with van der Waals surface area (Å²) in [5, 5.41) is 3.88. The summed E-state index contributed by atoms with van der Waals surface area (Å²) in [6.07, 6.45) is 2.48. The maximum atomic E-state index is 12.8. The van der Waals surface area contributed by atoms with Crippen LogP contribution in [0.5, 0.6) is 0 Å². The lowest BCUT2D eigenvalue weighted by Gasteiger charge is -2.09. The minimum Gasteiger partial charge on any atom is -0.361 e. The van der Waals surface area contributed by atoms with Crippen LogP contribution in [0.15, 0.2) is 20.4 Å². The molecule has 0 N–H and O–H groups in total. The third-order valence-corrected chi connectivity index (χ3v) is 4.06. The lowest BCUT2D eigenvalue weighted by Crippen LogP contribution is -2.40. The predicted molar refractivity (Wildman–Crippen MR) is 84.6 cm³/mol. The molecule has 0 unspecified atom stereocenters. The van der Waals surface area contributed by atoms with E-state index in [1.165, 1.54) is 9.13 Å². The molecular formula is C15H19N5O3. The molecule has 0 saturated carbocycles. The molecule has 0 aliphatic rings. The minimum absolute atomic E-state index is 0.139. The van der Waals surface area contributed by atoms with E-state index in [2.05, 4.69) is 10.1 Å². The molecule has 3 aromatic rings. The Labute approximate surface area is 132 Å². The van der Waals surface area contributed by atoms with E-state index >= 15 is 0 Å². The zero-order valence-corrected chi connectivity index (χ0v) is 13.7.